The molecule has 0 aliphatic carbocycles. The van der Waals surface area contributed by atoms with Crippen molar-refractivity contribution in [2.45, 2.75) is 51.2 Å². The first-order chi connectivity index (χ1) is 18.9. The largest absolute Gasteiger partial charge is 0.477 e. The van der Waals surface area contributed by atoms with Crippen molar-refractivity contribution in [1.82, 2.24) is 24.9 Å². The van der Waals surface area contributed by atoms with Crippen molar-refractivity contribution in [3.63, 3.8) is 0 Å². The third kappa shape index (κ3) is 6.22. The van der Waals surface area contributed by atoms with Crippen molar-refractivity contribution in [2.75, 3.05) is 18.1 Å². The van der Waals surface area contributed by atoms with Crippen LogP contribution in [0.3, 0.4) is 0 Å². The Kier molecular flexibility index (Phi) is 8.39. The summed E-state index contributed by atoms with van der Waals surface area (Å²) in [5.41, 5.74) is 5.85. The van der Waals surface area contributed by atoms with E-state index in [1.165, 1.54) is 16.7 Å². The quantitative estimate of drug-likeness (QED) is 0.135. The molecule has 1 fully saturated rings. The summed E-state index contributed by atoms with van der Waals surface area (Å²) in [6, 6.07) is 2.31. The van der Waals surface area contributed by atoms with Gasteiger partial charge in [0.25, 0.3) is 17.7 Å². The molecule has 2 atom stereocenters. The summed E-state index contributed by atoms with van der Waals surface area (Å²) < 4.78 is 5.72. The SMILES string of the molecule is CCON=C(C(=O)NC1C(=O)N2C(C(=O)O)=C(C[n+]3ccc(C(=O)NC(C)(C)C)cc3)CS[C@@H]12)c1nsc(N)n1. The van der Waals surface area contributed by atoms with Gasteiger partial charge in [0.1, 0.15) is 23.7 Å². The highest BCUT2D eigenvalue weighted by Gasteiger charge is 2.55. The molecule has 5 N–H and O–H groups in total. The van der Waals surface area contributed by atoms with Crippen molar-refractivity contribution in [3.05, 3.63) is 47.2 Å². The summed E-state index contributed by atoms with van der Waals surface area (Å²) >= 11 is 2.21. The second kappa shape index (κ2) is 11.6. The number of nitrogen functional groups attached to an aromatic ring is 1. The van der Waals surface area contributed by atoms with Crippen LogP contribution >= 0.6 is 23.3 Å². The van der Waals surface area contributed by atoms with E-state index in [2.05, 4.69) is 25.1 Å². The summed E-state index contributed by atoms with van der Waals surface area (Å²) in [7, 11) is 0. The van der Waals surface area contributed by atoms with E-state index in [-0.39, 0.29) is 47.0 Å². The number of carbonyl (C=O) groups excluding carboxylic acids is 3. The summed E-state index contributed by atoms with van der Waals surface area (Å²) in [4.78, 5) is 60.8. The number of oxime groups is 1. The van der Waals surface area contributed by atoms with Crippen molar-refractivity contribution < 1.29 is 33.7 Å². The fraction of sp³-hybridized carbons (Fsp3) is 0.417. The minimum Gasteiger partial charge on any atom is -0.477 e. The first-order valence-corrected chi connectivity index (χ1v) is 14.0. The number of fused-ring (bicyclic) bond motifs is 1. The minimum absolute atomic E-state index is 0.0410. The fourth-order valence-electron chi connectivity index (χ4n) is 4.01. The van der Waals surface area contributed by atoms with Crippen molar-refractivity contribution in [3.8, 4) is 0 Å². The number of amides is 3. The number of thioether (sulfide) groups is 1. The molecular weight excluding hydrogens is 560 g/mol. The van der Waals surface area contributed by atoms with Crippen LogP contribution < -0.4 is 20.9 Å². The lowest BCUT2D eigenvalue weighted by Gasteiger charge is -2.49. The number of nitrogens with zero attached hydrogens (tertiary/aromatic N) is 5. The number of carboxylic acid groups (broad SMARTS) is 1. The molecule has 4 heterocycles. The number of carbonyl (C=O) groups is 4. The molecule has 40 heavy (non-hydrogen) atoms. The van der Waals surface area contributed by atoms with Gasteiger partial charge in [0.15, 0.2) is 24.1 Å². The molecule has 2 aromatic heterocycles. The van der Waals surface area contributed by atoms with Crippen LogP contribution in [0.2, 0.25) is 0 Å². The number of nitrogens with one attached hydrogen (secondary N) is 2. The standard InChI is InChI=1S/C24H28N8O6S2/c1-5-38-29-14(17-27-23(25)40-30-17)19(34)26-15-20(35)32-16(22(36)37)13(11-39-21(15)32)10-31-8-6-12(7-9-31)18(33)28-24(2,3)4/h6-9,15,21H,5,10-11H2,1-4H3,(H4-,25,26,27,28,30,33,34,36,37)/p+1/t15?,21-/m0/s1. The molecular formula is C24H29N8O6S2+. The molecule has 1 unspecified atom stereocenters. The highest BCUT2D eigenvalue weighted by molar-refractivity contribution is 8.00. The predicted octanol–water partition coefficient (Wildman–Crippen LogP) is 0.116. The molecule has 0 saturated carbocycles. The predicted molar refractivity (Wildman–Crippen MR) is 146 cm³/mol. The van der Waals surface area contributed by atoms with E-state index in [1.54, 1.807) is 36.0 Å². The van der Waals surface area contributed by atoms with Gasteiger partial charge in [-0.1, -0.05) is 5.16 Å². The summed E-state index contributed by atoms with van der Waals surface area (Å²) in [6.07, 6.45) is 3.36. The molecule has 1 saturated heterocycles. The highest BCUT2D eigenvalue weighted by Crippen LogP contribution is 2.40. The second-order valence-corrected chi connectivity index (χ2v) is 11.8. The zero-order valence-electron chi connectivity index (χ0n) is 22.2. The van der Waals surface area contributed by atoms with Crippen LogP contribution in [0.4, 0.5) is 5.13 Å². The molecule has 0 radical (unpaired) electrons. The molecule has 0 spiro atoms. The molecule has 14 nitrogen and oxygen atoms in total. The van der Waals surface area contributed by atoms with Gasteiger partial charge >= 0.3 is 5.97 Å². The van der Waals surface area contributed by atoms with E-state index in [0.717, 1.165) is 11.5 Å². The third-order valence-electron chi connectivity index (χ3n) is 5.71. The van der Waals surface area contributed by atoms with Gasteiger partial charge in [-0.2, -0.15) is 9.36 Å². The van der Waals surface area contributed by atoms with Crippen LogP contribution in [-0.2, 0) is 25.8 Å². The van der Waals surface area contributed by atoms with E-state index in [1.807, 2.05) is 20.8 Å². The summed E-state index contributed by atoms with van der Waals surface area (Å²) in [5, 5.41) is 18.7. The monoisotopic (exact) mass is 589 g/mol. The van der Waals surface area contributed by atoms with Crippen LogP contribution in [0.5, 0.6) is 0 Å². The van der Waals surface area contributed by atoms with Crippen LogP contribution in [0, 0.1) is 0 Å². The van der Waals surface area contributed by atoms with Gasteiger partial charge in [-0.05, 0) is 27.7 Å². The van der Waals surface area contributed by atoms with E-state index in [4.69, 9.17) is 10.6 Å². The average Bonchev–Trinajstić information content (AvgIpc) is 3.32. The Morgan fingerprint density at radius 3 is 2.58 bits per heavy atom. The number of aromatic nitrogens is 3. The molecule has 0 aromatic carbocycles. The number of nitrogens with two attached hydrogens (primary N) is 1. The Hall–Kier alpha value is -4.05. The smallest absolute Gasteiger partial charge is 0.352 e. The number of rotatable bonds is 9. The van der Waals surface area contributed by atoms with E-state index in [0.29, 0.717) is 16.9 Å². The molecule has 4 rings (SSSR count). The minimum atomic E-state index is -1.25. The molecule has 2 aliphatic rings. The zero-order chi connectivity index (χ0) is 29.2. The van der Waals surface area contributed by atoms with Crippen molar-refractivity contribution in [2.24, 2.45) is 5.16 Å². The van der Waals surface area contributed by atoms with Gasteiger partial charge in [0.05, 0.1) is 5.56 Å². The molecule has 2 aliphatic heterocycles. The first-order valence-electron chi connectivity index (χ1n) is 12.2. The lowest BCUT2D eigenvalue weighted by atomic mass is 10.0. The zero-order valence-corrected chi connectivity index (χ0v) is 23.8. The molecule has 3 amide bonds. The van der Waals surface area contributed by atoms with Crippen LogP contribution in [-0.4, -0.2) is 78.1 Å². The molecule has 0 bridgehead atoms. The van der Waals surface area contributed by atoms with E-state index in [9.17, 15) is 24.3 Å². The van der Waals surface area contributed by atoms with Gasteiger partial charge < -0.3 is 26.3 Å². The molecule has 2 aromatic rings. The number of aliphatic carboxylic acids is 1. The van der Waals surface area contributed by atoms with Crippen LogP contribution in [0.15, 0.2) is 41.0 Å². The van der Waals surface area contributed by atoms with Crippen molar-refractivity contribution >= 4 is 57.8 Å². The Morgan fingerprint density at radius 1 is 1.30 bits per heavy atom. The normalized spacial score (nSPS) is 19.1. The van der Waals surface area contributed by atoms with Crippen LogP contribution in [0.1, 0.15) is 43.9 Å². The fourth-order valence-corrected chi connectivity index (χ4v) is 5.78. The highest BCUT2D eigenvalue weighted by atomic mass is 32.2. The third-order valence-corrected chi connectivity index (χ3v) is 7.59. The van der Waals surface area contributed by atoms with E-state index < -0.39 is 29.2 Å². The van der Waals surface area contributed by atoms with Gasteiger partial charge in [0.2, 0.25) is 11.5 Å². The Bertz CT molecular complexity index is 1400. The summed E-state index contributed by atoms with van der Waals surface area (Å²) in [5.74, 6) is -2.51. The van der Waals surface area contributed by atoms with Gasteiger partial charge in [-0.3, -0.25) is 19.3 Å². The van der Waals surface area contributed by atoms with Gasteiger partial charge in [0, 0.05) is 40.5 Å². The maximum Gasteiger partial charge on any atom is 0.352 e. The molecule has 16 heteroatoms. The first kappa shape index (κ1) is 28.9. The Morgan fingerprint density at radius 2 is 2.00 bits per heavy atom. The summed E-state index contributed by atoms with van der Waals surface area (Å²) in [6.45, 7) is 7.72. The number of carboxylic acids is 1. The Labute approximate surface area is 237 Å². The number of hydrogen-bond acceptors (Lipinski definition) is 11. The van der Waals surface area contributed by atoms with Crippen LogP contribution in [0.25, 0.3) is 0 Å². The lowest BCUT2D eigenvalue weighted by molar-refractivity contribution is -0.689. The second-order valence-electron chi connectivity index (χ2n) is 9.90. The van der Waals surface area contributed by atoms with Gasteiger partial charge in [-0.15, -0.1) is 11.8 Å². The number of β-lactam (4-membered cyclic amide) rings is 1. The number of hydrogen-bond donors (Lipinski definition) is 4. The van der Waals surface area contributed by atoms with Crippen molar-refractivity contribution in [1.29, 1.82) is 0 Å². The number of pyridine rings is 1. The maximum atomic E-state index is 13.1. The van der Waals surface area contributed by atoms with Gasteiger partial charge in [-0.25, -0.2) is 9.36 Å². The Balaban J connectivity index is 1.49. The number of anilines is 1. The van der Waals surface area contributed by atoms with E-state index >= 15 is 0 Å². The lowest BCUT2D eigenvalue weighted by Crippen LogP contribution is -2.71. The average molecular weight is 590 g/mol. The maximum absolute atomic E-state index is 13.1. The molecule has 212 valence electrons. The topological polar surface area (TPSA) is 193 Å².